The van der Waals surface area contributed by atoms with Crippen LogP contribution < -0.4 is 14.4 Å². The Morgan fingerprint density at radius 1 is 1.07 bits per heavy atom. The van der Waals surface area contributed by atoms with Crippen molar-refractivity contribution >= 4 is 40.2 Å². The maximum atomic E-state index is 12.8. The zero-order chi connectivity index (χ0) is 19.4. The summed E-state index contributed by atoms with van der Waals surface area (Å²) in [6.45, 7) is 4.88. The van der Waals surface area contributed by atoms with E-state index in [9.17, 15) is 9.59 Å². The quantitative estimate of drug-likeness (QED) is 0.652. The molecule has 1 aliphatic rings. The number of ether oxygens (including phenoxy) is 2. The first-order valence-electron chi connectivity index (χ1n) is 8.72. The van der Waals surface area contributed by atoms with Crippen molar-refractivity contribution in [2.24, 2.45) is 0 Å². The average Bonchev–Trinajstić information content (AvgIpc) is 2.91. The number of hydrogen-bond acceptors (Lipinski definition) is 5. The maximum Gasteiger partial charge on any atom is 0.293 e. The molecular formula is C20H20ClNO4S. The van der Waals surface area contributed by atoms with Gasteiger partial charge in [-0.2, -0.15) is 0 Å². The second kappa shape index (κ2) is 8.67. The number of thioether (sulfide) groups is 1. The molecule has 0 saturated carbocycles. The van der Waals surface area contributed by atoms with E-state index in [1.165, 1.54) is 4.90 Å². The molecule has 0 radical (unpaired) electrons. The fraction of sp³-hybridized carbons (Fsp3) is 0.300. The van der Waals surface area contributed by atoms with E-state index in [0.29, 0.717) is 41.8 Å². The molecule has 1 heterocycles. The Labute approximate surface area is 167 Å². The van der Waals surface area contributed by atoms with Crippen LogP contribution in [0.3, 0.4) is 0 Å². The van der Waals surface area contributed by atoms with Gasteiger partial charge in [-0.05, 0) is 50.1 Å². The number of amides is 2. The molecule has 5 nitrogen and oxygen atoms in total. The Morgan fingerprint density at radius 3 is 2.56 bits per heavy atom. The summed E-state index contributed by atoms with van der Waals surface area (Å²) in [7, 11) is 0. The molecule has 2 amide bonds. The van der Waals surface area contributed by atoms with Crippen molar-refractivity contribution in [3.8, 4) is 11.5 Å². The highest BCUT2D eigenvalue weighted by molar-refractivity contribution is 8.15. The highest BCUT2D eigenvalue weighted by atomic mass is 35.5. The molecular weight excluding hydrogens is 386 g/mol. The van der Waals surface area contributed by atoms with Crippen LogP contribution in [-0.2, 0) is 11.2 Å². The van der Waals surface area contributed by atoms with Crippen LogP contribution in [0.15, 0.2) is 42.5 Å². The van der Waals surface area contributed by atoms with E-state index < -0.39 is 5.25 Å². The Morgan fingerprint density at radius 2 is 1.85 bits per heavy atom. The monoisotopic (exact) mass is 405 g/mol. The molecule has 1 atom stereocenters. The summed E-state index contributed by atoms with van der Waals surface area (Å²) in [6.07, 6.45) is 0.397. The number of carbonyl (C=O) groups is 2. The summed E-state index contributed by atoms with van der Waals surface area (Å²) in [5.41, 5.74) is 1.36. The first-order chi connectivity index (χ1) is 13.0. The first-order valence-corrected chi connectivity index (χ1v) is 9.98. The molecule has 0 bridgehead atoms. The van der Waals surface area contributed by atoms with Crippen molar-refractivity contribution < 1.29 is 19.1 Å². The smallest absolute Gasteiger partial charge is 0.293 e. The van der Waals surface area contributed by atoms with Crippen LogP contribution in [0.4, 0.5) is 10.5 Å². The predicted molar refractivity (Wildman–Crippen MR) is 108 cm³/mol. The molecule has 2 aromatic rings. The number of halogens is 1. The predicted octanol–water partition coefficient (Wildman–Crippen LogP) is 4.95. The van der Waals surface area contributed by atoms with E-state index in [0.717, 1.165) is 17.3 Å². The van der Waals surface area contributed by atoms with E-state index in [1.54, 1.807) is 24.3 Å². The van der Waals surface area contributed by atoms with Gasteiger partial charge in [0.25, 0.3) is 5.24 Å². The fourth-order valence-corrected chi connectivity index (χ4v) is 4.08. The third kappa shape index (κ3) is 4.39. The molecule has 0 aliphatic carbocycles. The van der Waals surface area contributed by atoms with Gasteiger partial charge >= 0.3 is 0 Å². The van der Waals surface area contributed by atoms with Gasteiger partial charge in [0.2, 0.25) is 5.91 Å². The highest BCUT2D eigenvalue weighted by Gasteiger charge is 2.40. The molecule has 7 heteroatoms. The second-order valence-corrected chi connectivity index (χ2v) is 7.46. The molecule has 1 fully saturated rings. The molecule has 2 aromatic carbocycles. The van der Waals surface area contributed by atoms with Crippen molar-refractivity contribution in [2.45, 2.75) is 25.5 Å². The van der Waals surface area contributed by atoms with Crippen molar-refractivity contribution in [3.05, 3.63) is 53.1 Å². The minimum Gasteiger partial charge on any atom is -0.494 e. The lowest BCUT2D eigenvalue weighted by molar-refractivity contribution is -0.117. The molecule has 142 valence electrons. The average molecular weight is 406 g/mol. The summed E-state index contributed by atoms with van der Waals surface area (Å²) in [5, 5.41) is -0.323. The summed E-state index contributed by atoms with van der Waals surface area (Å²) in [4.78, 5) is 26.5. The zero-order valence-electron chi connectivity index (χ0n) is 15.1. The minimum atomic E-state index is -0.506. The van der Waals surface area contributed by atoms with E-state index in [1.807, 2.05) is 32.0 Å². The molecule has 1 saturated heterocycles. The van der Waals surface area contributed by atoms with Crippen LogP contribution >= 0.6 is 23.4 Å². The van der Waals surface area contributed by atoms with Gasteiger partial charge in [-0.3, -0.25) is 9.59 Å². The van der Waals surface area contributed by atoms with Crippen LogP contribution in [0.25, 0.3) is 0 Å². The number of anilines is 1. The number of nitrogens with zero attached hydrogens (tertiary/aromatic N) is 1. The minimum absolute atomic E-state index is 0.247. The van der Waals surface area contributed by atoms with Crippen molar-refractivity contribution in [1.29, 1.82) is 0 Å². The topological polar surface area (TPSA) is 55.8 Å². The van der Waals surface area contributed by atoms with Gasteiger partial charge in [0.05, 0.1) is 24.2 Å². The third-order valence-corrected chi connectivity index (χ3v) is 5.31. The molecule has 1 aliphatic heterocycles. The Balaban J connectivity index is 1.82. The molecule has 0 spiro atoms. The summed E-state index contributed by atoms with van der Waals surface area (Å²) in [5.74, 6) is 1.14. The molecule has 0 aromatic heterocycles. The molecule has 27 heavy (non-hydrogen) atoms. The van der Waals surface area contributed by atoms with Gasteiger partial charge in [-0.1, -0.05) is 35.5 Å². The second-order valence-electron chi connectivity index (χ2n) is 5.87. The number of benzene rings is 2. The van der Waals surface area contributed by atoms with Crippen LogP contribution in [0, 0.1) is 0 Å². The lowest BCUT2D eigenvalue weighted by atomic mass is 10.1. The van der Waals surface area contributed by atoms with Crippen LogP contribution in [-0.4, -0.2) is 29.6 Å². The van der Waals surface area contributed by atoms with E-state index in [4.69, 9.17) is 21.1 Å². The lowest BCUT2D eigenvalue weighted by Crippen LogP contribution is -2.32. The number of rotatable bonds is 7. The van der Waals surface area contributed by atoms with Gasteiger partial charge in [0.15, 0.2) is 0 Å². The van der Waals surface area contributed by atoms with Gasteiger partial charge in [0, 0.05) is 11.1 Å². The molecule has 0 unspecified atom stereocenters. The summed E-state index contributed by atoms with van der Waals surface area (Å²) >= 11 is 7.02. The third-order valence-electron chi connectivity index (χ3n) is 4.04. The first kappa shape index (κ1) is 19.6. The number of carbonyl (C=O) groups excluding carboxylic acids is 2. The summed E-state index contributed by atoms with van der Waals surface area (Å²) < 4.78 is 11.2. The molecule has 3 rings (SSSR count). The van der Waals surface area contributed by atoms with Crippen LogP contribution in [0.2, 0.25) is 5.02 Å². The maximum absolute atomic E-state index is 12.8. The van der Waals surface area contributed by atoms with E-state index in [2.05, 4.69) is 0 Å². The Kier molecular flexibility index (Phi) is 6.29. The van der Waals surface area contributed by atoms with Crippen LogP contribution in [0.5, 0.6) is 11.5 Å². The van der Waals surface area contributed by atoms with E-state index in [-0.39, 0.29) is 11.1 Å². The van der Waals surface area contributed by atoms with Crippen LogP contribution in [0.1, 0.15) is 19.4 Å². The number of hydrogen-bond donors (Lipinski definition) is 0. The highest BCUT2D eigenvalue weighted by Crippen LogP contribution is 2.36. The SMILES string of the molecule is CCOc1ccc(C[C@@H]2SC(=O)N(c3cccc(Cl)c3)C2=O)c(OCC)c1. The summed E-state index contributed by atoms with van der Waals surface area (Å²) in [6, 6.07) is 12.3. The Hall–Kier alpha value is -2.18. The van der Waals surface area contributed by atoms with Gasteiger partial charge in [-0.25, -0.2) is 4.90 Å². The normalized spacial score (nSPS) is 16.7. The van der Waals surface area contributed by atoms with Crippen molar-refractivity contribution in [1.82, 2.24) is 0 Å². The molecule has 0 N–H and O–H groups in total. The van der Waals surface area contributed by atoms with Crippen molar-refractivity contribution in [2.75, 3.05) is 18.1 Å². The Bertz CT molecular complexity index is 858. The lowest BCUT2D eigenvalue weighted by Gasteiger charge is -2.16. The van der Waals surface area contributed by atoms with Gasteiger partial charge in [-0.15, -0.1) is 0 Å². The largest absolute Gasteiger partial charge is 0.494 e. The standard InChI is InChI=1S/C20H20ClNO4S/c1-3-25-16-9-8-13(17(12-16)26-4-2)10-18-19(23)22(20(24)27-18)15-7-5-6-14(21)11-15/h5-9,11-12,18H,3-4,10H2,1-2H3/t18-/m0/s1. The van der Waals surface area contributed by atoms with Gasteiger partial charge < -0.3 is 9.47 Å². The van der Waals surface area contributed by atoms with E-state index >= 15 is 0 Å². The fourth-order valence-electron chi connectivity index (χ4n) is 2.89. The van der Waals surface area contributed by atoms with Gasteiger partial charge in [0.1, 0.15) is 11.5 Å². The van der Waals surface area contributed by atoms with Crippen molar-refractivity contribution in [3.63, 3.8) is 0 Å². The zero-order valence-corrected chi connectivity index (χ0v) is 16.7. The number of imide groups is 1.